The number of rotatable bonds is 20. The molecule has 2 aromatic heterocycles. The van der Waals surface area contributed by atoms with Crippen molar-refractivity contribution in [1.29, 1.82) is 0 Å². The first-order valence-electron chi connectivity index (χ1n) is 17.9. The molecule has 2 aromatic carbocycles. The Bertz CT molecular complexity index is 1770. The summed E-state index contributed by atoms with van der Waals surface area (Å²) in [6.07, 6.45) is 5.64. The molecule has 0 saturated carbocycles. The average Bonchev–Trinajstić information content (AvgIpc) is 3.24. The predicted octanol–water partition coefficient (Wildman–Crippen LogP) is 6.30. The van der Waals surface area contributed by atoms with E-state index in [0.717, 1.165) is 23.3 Å². The molecular weight excluding hydrogens is 724 g/mol. The molecular formula is C42H42N2O12. The Balaban J connectivity index is 1.06. The maximum Gasteiger partial charge on any atom is 0.340 e. The van der Waals surface area contributed by atoms with Gasteiger partial charge in [0.15, 0.2) is 0 Å². The second kappa shape index (κ2) is 21.5. The predicted molar refractivity (Wildman–Crippen MR) is 201 cm³/mol. The van der Waals surface area contributed by atoms with Gasteiger partial charge in [0.2, 0.25) is 0 Å². The first-order valence-corrected chi connectivity index (χ1v) is 17.9. The van der Waals surface area contributed by atoms with Crippen molar-refractivity contribution in [2.45, 2.75) is 38.3 Å². The van der Waals surface area contributed by atoms with Gasteiger partial charge in [-0.25, -0.2) is 19.2 Å². The van der Waals surface area contributed by atoms with Crippen LogP contribution in [0, 0.1) is 0 Å². The van der Waals surface area contributed by atoms with Crippen molar-refractivity contribution in [3.63, 3.8) is 0 Å². The van der Waals surface area contributed by atoms with Crippen molar-refractivity contribution >= 4 is 23.9 Å². The largest absolute Gasteiger partial charge is 0.492 e. The number of esters is 4. The van der Waals surface area contributed by atoms with Crippen LogP contribution < -0.4 is 9.47 Å². The van der Waals surface area contributed by atoms with Crippen molar-refractivity contribution in [3.8, 4) is 34.0 Å². The summed E-state index contributed by atoms with van der Waals surface area (Å²) in [6.45, 7) is 8.49. The molecule has 0 spiro atoms. The maximum atomic E-state index is 13.0. The lowest BCUT2D eigenvalue weighted by Crippen LogP contribution is -2.44. The molecule has 0 amide bonds. The fourth-order valence-electron chi connectivity index (χ4n) is 5.09. The van der Waals surface area contributed by atoms with E-state index in [-0.39, 0.29) is 24.3 Å². The molecule has 0 bridgehead atoms. The van der Waals surface area contributed by atoms with Gasteiger partial charge in [-0.15, -0.1) is 0 Å². The van der Waals surface area contributed by atoms with Crippen LogP contribution in [0.3, 0.4) is 0 Å². The number of aromatic nitrogens is 2. The lowest BCUT2D eigenvalue weighted by atomic mass is 10.1. The minimum absolute atomic E-state index is 0.139. The maximum absolute atomic E-state index is 13.0. The summed E-state index contributed by atoms with van der Waals surface area (Å²) in [4.78, 5) is 57.1. The minimum Gasteiger partial charge on any atom is -0.492 e. The summed E-state index contributed by atoms with van der Waals surface area (Å²) in [5.74, 6) is -1.08. The first kappa shape index (κ1) is 40.8. The van der Waals surface area contributed by atoms with E-state index in [2.05, 4.69) is 23.1 Å². The SMILES string of the molecule is C=CC(=O)OCCCCOc1ccc(-c2ccc(C(=O)O[C@H]3OCCO[C@@H]3OC(=O)c3ccc(-c4ccc(OCCCCOC(=O)C=C)cn4)cc3)cc2)nc1. The average molecular weight is 767 g/mol. The van der Waals surface area contributed by atoms with Crippen LogP contribution in [-0.2, 0) is 38.0 Å². The molecule has 56 heavy (non-hydrogen) atoms. The van der Waals surface area contributed by atoms with Crippen LogP contribution in [0.25, 0.3) is 22.5 Å². The molecule has 0 aliphatic carbocycles. The Hall–Kier alpha value is -6.38. The highest BCUT2D eigenvalue weighted by atomic mass is 16.8. The van der Waals surface area contributed by atoms with Gasteiger partial charge in [0, 0.05) is 23.3 Å². The highest BCUT2D eigenvalue weighted by molar-refractivity contribution is 5.91. The van der Waals surface area contributed by atoms with Crippen LogP contribution >= 0.6 is 0 Å². The molecule has 4 aromatic rings. The zero-order valence-corrected chi connectivity index (χ0v) is 30.7. The second-order valence-electron chi connectivity index (χ2n) is 12.1. The summed E-state index contributed by atoms with van der Waals surface area (Å²) < 4.78 is 43.6. The number of hydrogen-bond donors (Lipinski definition) is 0. The lowest BCUT2D eigenvalue weighted by molar-refractivity contribution is -0.288. The first-order chi connectivity index (χ1) is 27.3. The number of carbonyl (C=O) groups is 4. The molecule has 1 aliphatic heterocycles. The third-order valence-corrected chi connectivity index (χ3v) is 8.06. The molecule has 5 rings (SSSR count). The van der Waals surface area contributed by atoms with E-state index < -0.39 is 36.5 Å². The van der Waals surface area contributed by atoms with Gasteiger partial charge < -0.3 is 37.9 Å². The zero-order valence-electron chi connectivity index (χ0n) is 30.7. The second-order valence-corrected chi connectivity index (χ2v) is 12.1. The minimum atomic E-state index is -1.28. The molecule has 0 radical (unpaired) electrons. The summed E-state index contributed by atoms with van der Waals surface area (Å²) >= 11 is 0. The number of pyridine rings is 2. The van der Waals surface area contributed by atoms with Crippen LogP contribution in [-0.4, -0.2) is 86.1 Å². The van der Waals surface area contributed by atoms with Gasteiger partial charge in [-0.05, 0) is 74.2 Å². The van der Waals surface area contributed by atoms with Gasteiger partial charge in [-0.3, -0.25) is 9.97 Å². The zero-order chi connectivity index (χ0) is 39.5. The van der Waals surface area contributed by atoms with Crippen molar-refractivity contribution in [1.82, 2.24) is 9.97 Å². The van der Waals surface area contributed by atoms with Crippen LogP contribution in [0.15, 0.2) is 111 Å². The summed E-state index contributed by atoms with van der Waals surface area (Å²) in [5, 5.41) is 0. The van der Waals surface area contributed by atoms with Gasteiger partial charge >= 0.3 is 23.9 Å². The van der Waals surface area contributed by atoms with Crippen molar-refractivity contribution < 1.29 is 57.1 Å². The number of nitrogens with zero attached hydrogens (tertiary/aromatic N) is 2. The fraction of sp³-hybridized carbons (Fsp3) is 0.286. The third kappa shape index (κ3) is 12.6. The molecule has 1 aliphatic rings. The Labute approximate surface area is 324 Å². The number of carbonyl (C=O) groups excluding carboxylic acids is 4. The van der Waals surface area contributed by atoms with Crippen LogP contribution in [0.5, 0.6) is 11.5 Å². The van der Waals surface area contributed by atoms with Gasteiger partial charge in [0.05, 0.1) is 74.5 Å². The molecule has 2 atom stereocenters. The highest BCUT2D eigenvalue weighted by Crippen LogP contribution is 2.24. The summed E-state index contributed by atoms with van der Waals surface area (Å²) in [5.41, 5.74) is 3.38. The van der Waals surface area contributed by atoms with E-state index in [9.17, 15) is 19.2 Å². The van der Waals surface area contributed by atoms with E-state index in [4.69, 9.17) is 37.9 Å². The number of hydrogen-bond acceptors (Lipinski definition) is 14. The topological polar surface area (TPSA) is 168 Å². The monoisotopic (exact) mass is 766 g/mol. The molecule has 3 heterocycles. The number of unbranched alkanes of at least 4 members (excludes halogenated alkanes) is 2. The Morgan fingerprint density at radius 3 is 1.32 bits per heavy atom. The van der Waals surface area contributed by atoms with Gasteiger partial charge in [-0.1, -0.05) is 37.4 Å². The van der Waals surface area contributed by atoms with E-state index >= 15 is 0 Å². The summed E-state index contributed by atoms with van der Waals surface area (Å²) in [7, 11) is 0. The van der Waals surface area contributed by atoms with Gasteiger partial charge in [0.1, 0.15) is 11.5 Å². The normalized spacial score (nSPS) is 14.8. The standard InChI is InChI=1S/C42H42N2O12/c1-3-37(45)51-23-7-5-21-49-33-17-19-35(43-27-33)29-9-13-31(14-10-29)39(47)55-41-42(54-26-25-53-41)56-40(48)32-15-11-30(12-16-32)36-20-18-34(28-44-36)50-22-6-8-24-52-38(46)4-2/h3-4,9-20,27-28,41-42H,1-2,5-8,21-26H2/t41-,42-/m1/s1. The van der Waals surface area contributed by atoms with Gasteiger partial charge in [0.25, 0.3) is 12.6 Å². The van der Waals surface area contributed by atoms with Crippen molar-refractivity contribution in [2.75, 3.05) is 39.6 Å². The quantitative estimate of drug-likeness (QED) is 0.0425. The molecule has 0 unspecified atom stereocenters. The van der Waals surface area contributed by atoms with Crippen molar-refractivity contribution in [2.24, 2.45) is 0 Å². The number of benzene rings is 2. The van der Waals surface area contributed by atoms with E-state index in [1.54, 1.807) is 85.2 Å². The number of ether oxygens (including phenoxy) is 8. The third-order valence-electron chi connectivity index (χ3n) is 8.06. The van der Waals surface area contributed by atoms with E-state index in [1.807, 2.05) is 0 Å². The molecule has 14 heteroatoms. The molecule has 14 nitrogen and oxygen atoms in total. The Morgan fingerprint density at radius 1 is 0.571 bits per heavy atom. The smallest absolute Gasteiger partial charge is 0.340 e. The molecule has 1 saturated heterocycles. The van der Waals surface area contributed by atoms with E-state index in [0.29, 0.717) is 75.0 Å². The lowest BCUT2D eigenvalue weighted by Gasteiger charge is -2.30. The highest BCUT2D eigenvalue weighted by Gasteiger charge is 2.34. The Kier molecular flexibility index (Phi) is 15.7. The van der Waals surface area contributed by atoms with Crippen LogP contribution in [0.1, 0.15) is 46.4 Å². The van der Waals surface area contributed by atoms with Crippen molar-refractivity contribution in [3.05, 3.63) is 122 Å². The molecule has 1 fully saturated rings. The summed E-state index contributed by atoms with van der Waals surface area (Å²) in [6, 6.07) is 20.5. The van der Waals surface area contributed by atoms with Crippen LogP contribution in [0.4, 0.5) is 0 Å². The van der Waals surface area contributed by atoms with E-state index in [1.165, 1.54) is 0 Å². The Morgan fingerprint density at radius 2 is 0.964 bits per heavy atom. The van der Waals surface area contributed by atoms with Crippen LogP contribution in [0.2, 0.25) is 0 Å². The van der Waals surface area contributed by atoms with Gasteiger partial charge in [-0.2, -0.15) is 0 Å². The fourth-order valence-corrected chi connectivity index (χ4v) is 5.09. The molecule has 0 N–H and O–H groups in total. The molecule has 292 valence electrons.